The van der Waals surface area contributed by atoms with Crippen molar-refractivity contribution in [3.8, 4) is 0 Å². The lowest BCUT2D eigenvalue weighted by molar-refractivity contribution is 0.0527. The summed E-state index contributed by atoms with van der Waals surface area (Å²) < 4.78 is 5.01. The van der Waals surface area contributed by atoms with Gasteiger partial charge in [-0.3, -0.25) is 0 Å². The van der Waals surface area contributed by atoms with Crippen molar-refractivity contribution in [3.05, 3.63) is 46.4 Å². The van der Waals surface area contributed by atoms with Crippen molar-refractivity contribution >= 4 is 23.0 Å². The second-order valence-electron chi connectivity index (χ2n) is 3.60. The Morgan fingerprint density at radius 2 is 2.28 bits per heavy atom. The van der Waals surface area contributed by atoms with Gasteiger partial charge in [0.05, 0.1) is 29.9 Å². The van der Waals surface area contributed by atoms with E-state index in [1.54, 1.807) is 29.8 Å². The average molecular weight is 262 g/mol. The van der Waals surface area contributed by atoms with E-state index in [1.165, 1.54) is 0 Å². The van der Waals surface area contributed by atoms with Crippen molar-refractivity contribution in [2.45, 2.75) is 13.5 Å². The van der Waals surface area contributed by atoms with Crippen LogP contribution in [0.4, 0.5) is 5.69 Å². The van der Waals surface area contributed by atoms with E-state index in [-0.39, 0.29) is 5.97 Å². The van der Waals surface area contributed by atoms with Crippen LogP contribution in [0.5, 0.6) is 0 Å². The van der Waals surface area contributed by atoms with Crippen LogP contribution >= 0.6 is 11.3 Å². The van der Waals surface area contributed by atoms with E-state index in [2.05, 4.69) is 10.3 Å². The van der Waals surface area contributed by atoms with Crippen LogP contribution in [-0.4, -0.2) is 17.6 Å². The van der Waals surface area contributed by atoms with Crippen LogP contribution in [0.3, 0.4) is 0 Å². The molecule has 1 N–H and O–H groups in total. The van der Waals surface area contributed by atoms with Gasteiger partial charge >= 0.3 is 5.97 Å². The average Bonchev–Trinajstić information content (AvgIpc) is 2.90. The van der Waals surface area contributed by atoms with Gasteiger partial charge in [0.2, 0.25) is 0 Å². The molecule has 0 spiro atoms. The number of thiazole rings is 1. The molecule has 2 aromatic rings. The van der Waals surface area contributed by atoms with E-state index in [0.717, 1.165) is 11.4 Å². The Kier molecular flexibility index (Phi) is 4.30. The quantitative estimate of drug-likeness (QED) is 0.842. The highest BCUT2D eigenvalue weighted by atomic mass is 32.1. The van der Waals surface area contributed by atoms with Crippen LogP contribution in [0.25, 0.3) is 0 Å². The van der Waals surface area contributed by atoms with Gasteiger partial charge in [0.1, 0.15) is 0 Å². The summed E-state index contributed by atoms with van der Waals surface area (Å²) >= 11 is 1.55. The largest absolute Gasteiger partial charge is 0.462 e. The highest BCUT2D eigenvalue weighted by molar-refractivity contribution is 7.07. The molecule has 0 atom stereocenters. The summed E-state index contributed by atoms with van der Waals surface area (Å²) in [7, 11) is 0. The number of hydrogen-bond acceptors (Lipinski definition) is 5. The summed E-state index contributed by atoms with van der Waals surface area (Å²) in [6.07, 6.45) is 0. The van der Waals surface area contributed by atoms with Gasteiger partial charge in [-0.15, -0.1) is 11.3 Å². The maximum absolute atomic E-state index is 11.8. The molecule has 0 aliphatic rings. The minimum Gasteiger partial charge on any atom is -0.462 e. The molecule has 0 radical (unpaired) electrons. The minimum atomic E-state index is -0.307. The molecular formula is C13H14N2O2S. The van der Waals surface area contributed by atoms with E-state index < -0.39 is 0 Å². The molecule has 0 aliphatic heterocycles. The Hall–Kier alpha value is -1.88. The first-order valence-electron chi connectivity index (χ1n) is 5.68. The molecule has 5 heteroatoms. The molecule has 1 aromatic heterocycles. The summed E-state index contributed by atoms with van der Waals surface area (Å²) in [6.45, 7) is 2.77. The molecule has 0 aliphatic carbocycles. The van der Waals surface area contributed by atoms with Gasteiger partial charge in [0.15, 0.2) is 0 Å². The van der Waals surface area contributed by atoms with Crippen molar-refractivity contribution in [3.63, 3.8) is 0 Å². The number of para-hydroxylation sites is 1. The highest BCUT2D eigenvalue weighted by Crippen LogP contribution is 2.17. The third-order valence-electron chi connectivity index (χ3n) is 2.37. The standard InChI is InChI=1S/C13H14N2O2S/c1-2-17-13(16)11-5-3-4-6-12(11)14-7-10-8-18-9-15-10/h3-6,8-9,14H,2,7H2,1H3. The van der Waals surface area contributed by atoms with Gasteiger partial charge < -0.3 is 10.1 Å². The van der Waals surface area contributed by atoms with Crippen LogP contribution in [0, 0.1) is 0 Å². The Bertz CT molecular complexity index is 511. The smallest absolute Gasteiger partial charge is 0.340 e. The number of rotatable bonds is 5. The number of ether oxygens (including phenoxy) is 1. The lowest BCUT2D eigenvalue weighted by Crippen LogP contribution is -2.09. The van der Waals surface area contributed by atoms with E-state index in [9.17, 15) is 4.79 Å². The molecule has 0 amide bonds. The van der Waals surface area contributed by atoms with Crippen LogP contribution in [0.2, 0.25) is 0 Å². The summed E-state index contributed by atoms with van der Waals surface area (Å²) in [5.74, 6) is -0.307. The van der Waals surface area contributed by atoms with Crippen molar-refractivity contribution in [1.29, 1.82) is 0 Å². The predicted molar refractivity (Wildman–Crippen MR) is 71.8 cm³/mol. The number of nitrogens with one attached hydrogen (secondary N) is 1. The van der Waals surface area contributed by atoms with Crippen LogP contribution in [0.15, 0.2) is 35.2 Å². The van der Waals surface area contributed by atoms with Crippen molar-refractivity contribution in [1.82, 2.24) is 4.98 Å². The van der Waals surface area contributed by atoms with Crippen LogP contribution in [0.1, 0.15) is 23.0 Å². The SMILES string of the molecule is CCOC(=O)c1ccccc1NCc1cscn1. The van der Waals surface area contributed by atoms with Crippen molar-refractivity contribution in [2.75, 3.05) is 11.9 Å². The Labute approximate surface area is 110 Å². The fourth-order valence-electron chi connectivity index (χ4n) is 1.53. The second-order valence-corrected chi connectivity index (χ2v) is 4.32. The van der Waals surface area contributed by atoms with Gasteiger partial charge in [-0.1, -0.05) is 12.1 Å². The van der Waals surface area contributed by atoms with Gasteiger partial charge in [-0.05, 0) is 19.1 Å². The van der Waals surface area contributed by atoms with Crippen molar-refractivity contribution < 1.29 is 9.53 Å². The molecule has 1 aromatic carbocycles. The fourth-order valence-corrected chi connectivity index (χ4v) is 2.09. The zero-order valence-corrected chi connectivity index (χ0v) is 10.9. The molecule has 0 saturated heterocycles. The minimum absolute atomic E-state index is 0.307. The number of anilines is 1. The third-order valence-corrected chi connectivity index (χ3v) is 3.00. The van der Waals surface area contributed by atoms with E-state index in [1.807, 2.05) is 23.6 Å². The zero-order chi connectivity index (χ0) is 12.8. The molecule has 1 heterocycles. The number of carbonyl (C=O) groups is 1. The molecule has 0 fully saturated rings. The number of nitrogens with zero attached hydrogens (tertiary/aromatic N) is 1. The Morgan fingerprint density at radius 3 is 3.00 bits per heavy atom. The lowest BCUT2D eigenvalue weighted by Gasteiger charge is -2.10. The summed E-state index contributed by atoms with van der Waals surface area (Å²) in [6, 6.07) is 7.31. The van der Waals surface area contributed by atoms with Crippen molar-refractivity contribution in [2.24, 2.45) is 0 Å². The number of carbonyl (C=O) groups excluding carboxylic acids is 1. The maximum atomic E-state index is 11.8. The number of aromatic nitrogens is 1. The molecule has 2 rings (SSSR count). The lowest BCUT2D eigenvalue weighted by atomic mass is 10.2. The van der Waals surface area contributed by atoms with E-state index in [0.29, 0.717) is 18.7 Å². The third kappa shape index (κ3) is 3.07. The first-order chi connectivity index (χ1) is 8.81. The predicted octanol–water partition coefficient (Wildman–Crippen LogP) is 2.93. The second kappa shape index (κ2) is 6.16. The molecule has 0 unspecified atom stereocenters. The first kappa shape index (κ1) is 12.6. The number of benzene rings is 1. The summed E-state index contributed by atoms with van der Waals surface area (Å²) in [5, 5.41) is 5.17. The van der Waals surface area contributed by atoms with Crippen LogP contribution in [-0.2, 0) is 11.3 Å². The Morgan fingerprint density at radius 1 is 1.44 bits per heavy atom. The zero-order valence-electron chi connectivity index (χ0n) is 10.1. The molecule has 94 valence electrons. The summed E-state index contributed by atoms with van der Waals surface area (Å²) in [5.41, 5.74) is 4.06. The number of hydrogen-bond donors (Lipinski definition) is 1. The van der Waals surface area contributed by atoms with E-state index in [4.69, 9.17) is 4.74 Å². The maximum Gasteiger partial charge on any atom is 0.340 e. The molecule has 4 nitrogen and oxygen atoms in total. The summed E-state index contributed by atoms with van der Waals surface area (Å²) in [4.78, 5) is 15.9. The molecular weight excluding hydrogens is 248 g/mol. The van der Waals surface area contributed by atoms with Gasteiger partial charge in [0, 0.05) is 11.1 Å². The van der Waals surface area contributed by atoms with Gasteiger partial charge in [-0.25, -0.2) is 9.78 Å². The highest BCUT2D eigenvalue weighted by Gasteiger charge is 2.11. The monoisotopic (exact) mass is 262 g/mol. The first-order valence-corrected chi connectivity index (χ1v) is 6.62. The fraction of sp³-hybridized carbons (Fsp3) is 0.231. The van der Waals surface area contributed by atoms with E-state index >= 15 is 0 Å². The molecule has 0 bridgehead atoms. The van der Waals surface area contributed by atoms with Gasteiger partial charge in [-0.2, -0.15) is 0 Å². The topological polar surface area (TPSA) is 51.2 Å². The molecule has 0 saturated carbocycles. The molecule has 18 heavy (non-hydrogen) atoms. The Balaban J connectivity index is 2.09. The number of esters is 1. The van der Waals surface area contributed by atoms with Crippen LogP contribution < -0.4 is 5.32 Å². The normalized spacial score (nSPS) is 10.1. The van der Waals surface area contributed by atoms with Gasteiger partial charge in [0.25, 0.3) is 0 Å².